The number of likely N-dealkylation sites (tertiary alicyclic amines) is 1. The summed E-state index contributed by atoms with van der Waals surface area (Å²) in [4.78, 5) is 39.4. The van der Waals surface area contributed by atoms with E-state index in [2.05, 4.69) is 47.9 Å². The highest BCUT2D eigenvalue weighted by molar-refractivity contribution is 7.82. The van der Waals surface area contributed by atoms with Crippen LogP contribution < -0.4 is 26.4 Å². The van der Waals surface area contributed by atoms with Gasteiger partial charge < -0.3 is 36.7 Å². The minimum Gasteiger partial charge on any atom is -0.485 e. The Kier molecular flexibility index (Phi) is 14.0. The number of aryl methyl sites for hydroxylation is 1. The van der Waals surface area contributed by atoms with Crippen LogP contribution in [0.2, 0.25) is 0 Å². The molecule has 4 aromatic heterocycles. The van der Waals surface area contributed by atoms with Crippen molar-refractivity contribution in [1.82, 2.24) is 48.9 Å². The molecular weight excluding hydrogens is 780 g/mol. The molecule has 2 unspecified atom stereocenters. The van der Waals surface area contributed by atoms with Crippen molar-refractivity contribution in [2.75, 3.05) is 49.9 Å². The predicted octanol–water partition coefficient (Wildman–Crippen LogP) is 3.96. The lowest BCUT2D eigenvalue weighted by molar-refractivity contribution is -0.116. The van der Waals surface area contributed by atoms with Crippen LogP contribution >= 0.6 is 0 Å². The Morgan fingerprint density at radius 3 is 2.61 bits per heavy atom. The Morgan fingerprint density at radius 2 is 1.93 bits per heavy atom. The van der Waals surface area contributed by atoms with Crippen molar-refractivity contribution in [3.05, 3.63) is 60.1 Å². The van der Waals surface area contributed by atoms with Gasteiger partial charge in [-0.3, -0.25) is 9.59 Å². The van der Waals surface area contributed by atoms with Gasteiger partial charge in [-0.2, -0.15) is 14.6 Å². The van der Waals surface area contributed by atoms with Crippen molar-refractivity contribution < 1.29 is 22.9 Å². The van der Waals surface area contributed by atoms with E-state index in [0.717, 1.165) is 49.8 Å². The van der Waals surface area contributed by atoms with E-state index in [9.17, 15) is 13.8 Å². The summed E-state index contributed by atoms with van der Waals surface area (Å²) in [5.74, 6) is 0.453. The molecule has 6 rings (SSSR count). The van der Waals surface area contributed by atoms with E-state index in [-0.39, 0.29) is 54.2 Å². The molecule has 0 bridgehead atoms. The number of nitrogens with one attached hydrogen (secondary N) is 4. The number of piperidine rings is 1. The number of fused-ring (bicyclic) bond motifs is 2. The molecule has 6 N–H and O–H groups in total. The Bertz CT molecular complexity index is 2360. The quantitative estimate of drug-likeness (QED) is 0.0453. The van der Waals surface area contributed by atoms with E-state index in [0.29, 0.717) is 52.8 Å². The lowest BCUT2D eigenvalue weighted by Crippen LogP contribution is -2.40. The lowest BCUT2D eigenvalue weighted by Gasteiger charge is -2.34. The highest BCUT2D eigenvalue weighted by atomic mass is 32.2. The monoisotopic (exact) mass is 830 g/mol. The smallest absolute Gasteiger partial charge is 0.247 e. The molecule has 1 aliphatic heterocycles. The summed E-state index contributed by atoms with van der Waals surface area (Å²) in [6.07, 6.45) is 6.08. The van der Waals surface area contributed by atoms with Crippen molar-refractivity contribution in [2.45, 2.75) is 63.9 Å². The Morgan fingerprint density at radius 1 is 1.15 bits per heavy atom. The first-order valence-corrected chi connectivity index (χ1v) is 20.6. The third-order valence-electron chi connectivity index (χ3n) is 9.92. The number of hydrogen-bond acceptors (Lipinski definition) is 13. The van der Waals surface area contributed by atoms with Gasteiger partial charge in [0, 0.05) is 69.2 Å². The maximum Gasteiger partial charge on any atom is 0.247 e. The number of benzene rings is 1. The SMILES string of the molecule is CCN(CC(C)CN1CCC(c2ccc3c(NC(=O)CCNC=O)nn(C)c3n2)CC1)S(=O)c1ccc(Nc2nc3c(OC(C)C)c(/C(C=N)=C/N)ncn3n2)c(F)c1. The fraction of sp³-hybridized carbons (Fsp3) is 0.436. The summed E-state index contributed by atoms with van der Waals surface area (Å²) in [6.45, 7) is 11.7. The third-order valence-corrected chi connectivity index (χ3v) is 11.5. The lowest BCUT2D eigenvalue weighted by atomic mass is 9.92. The van der Waals surface area contributed by atoms with Crippen LogP contribution in [-0.2, 0) is 27.6 Å². The molecule has 59 heavy (non-hydrogen) atoms. The predicted molar refractivity (Wildman–Crippen MR) is 224 cm³/mol. The summed E-state index contributed by atoms with van der Waals surface area (Å²) in [7, 11) is 0.208. The molecular formula is C39H51FN14O4S. The number of anilines is 3. The molecule has 0 radical (unpaired) electrons. The molecule has 5 aromatic rings. The van der Waals surface area contributed by atoms with E-state index in [1.54, 1.807) is 17.8 Å². The number of allylic oxidation sites excluding steroid dienone is 1. The first-order chi connectivity index (χ1) is 28.4. The van der Waals surface area contributed by atoms with E-state index in [1.807, 2.05) is 37.2 Å². The third kappa shape index (κ3) is 10.1. The average Bonchev–Trinajstić information content (AvgIpc) is 3.78. The summed E-state index contributed by atoms with van der Waals surface area (Å²) >= 11 is 0. The Balaban J connectivity index is 1.03. The zero-order valence-electron chi connectivity index (χ0n) is 33.8. The molecule has 314 valence electrons. The standard InChI is InChI=1S/C39H51FN14O4S/c1-6-53(21-25(4)20-52-15-12-26(13-16-52)31-10-8-29-36(49-51(5)37(29)45-31)47-33(56)11-14-43-23-55)59(57)28-7-9-32(30(40)17-28)46-39-48-38-35(58-24(2)3)34(27(18-41)19-42)44-22-54(38)50-39/h7-10,17-19,22-26,41H,6,11-16,20-21,42H2,1-5H3,(H,43,55)(H,46,50)(H,47,49,56)/b27-19+,41-18?. The van der Waals surface area contributed by atoms with Gasteiger partial charge in [-0.25, -0.2) is 27.6 Å². The summed E-state index contributed by atoms with van der Waals surface area (Å²) in [6, 6.07) is 8.39. The normalized spacial score (nSPS) is 15.2. The number of nitrogens with zero attached hydrogens (tertiary/aromatic N) is 9. The van der Waals surface area contributed by atoms with Crippen LogP contribution in [0.1, 0.15) is 64.3 Å². The molecule has 5 heterocycles. The first kappa shape index (κ1) is 42.7. The van der Waals surface area contributed by atoms with Crippen LogP contribution in [0.4, 0.5) is 21.8 Å². The number of carbonyl (C=O) groups excluding carboxylic acids is 2. The minimum atomic E-state index is -1.59. The van der Waals surface area contributed by atoms with E-state index in [1.165, 1.54) is 29.2 Å². The molecule has 1 aliphatic rings. The number of rotatable bonds is 19. The van der Waals surface area contributed by atoms with Gasteiger partial charge in [-0.1, -0.05) is 13.8 Å². The van der Waals surface area contributed by atoms with Crippen molar-refractivity contribution in [3.63, 3.8) is 0 Å². The molecule has 18 nitrogen and oxygen atoms in total. The molecule has 2 amide bonds. The van der Waals surface area contributed by atoms with Crippen LogP contribution in [0.15, 0.2) is 47.8 Å². The van der Waals surface area contributed by atoms with Crippen LogP contribution in [0.3, 0.4) is 0 Å². The van der Waals surface area contributed by atoms with Gasteiger partial charge >= 0.3 is 0 Å². The number of hydrogen-bond donors (Lipinski definition) is 5. The van der Waals surface area contributed by atoms with Crippen LogP contribution in [0.25, 0.3) is 22.3 Å². The second-order valence-corrected chi connectivity index (χ2v) is 16.2. The first-order valence-electron chi connectivity index (χ1n) is 19.5. The van der Waals surface area contributed by atoms with E-state index in [4.69, 9.17) is 20.9 Å². The number of ether oxygens (including phenoxy) is 1. The summed E-state index contributed by atoms with van der Waals surface area (Å²) in [5.41, 5.74) is 8.48. The van der Waals surface area contributed by atoms with Crippen molar-refractivity contribution in [3.8, 4) is 5.75 Å². The molecule has 1 saturated heterocycles. The zero-order chi connectivity index (χ0) is 42.2. The largest absolute Gasteiger partial charge is 0.485 e. The fourth-order valence-corrected chi connectivity index (χ4v) is 8.40. The van der Waals surface area contributed by atoms with Gasteiger partial charge in [-0.15, -0.1) is 5.10 Å². The highest BCUT2D eigenvalue weighted by Crippen LogP contribution is 2.32. The molecule has 2 atom stereocenters. The summed E-state index contributed by atoms with van der Waals surface area (Å²) < 4.78 is 40.2. The van der Waals surface area contributed by atoms with Gasteiger partial charge in [-0.05, 0) is 76.0 Å². The minimum absolute atomic E-state index is 0.0935. The number of aromatic nitrogens is 7. The van der Waals surface area contributed by atoms with Gasteiger partial charge in [0.05, 0.1) is 22.1 Å². The number of pyridine rings is 1. The second kappa shape index (κ2) is 19.3. The van der Waals surface area contributed by atoms with Gasteiger partial charge in [0.15, 0.2) is 17.2 Å². The molecule has 0 spiro atoms. The average molecular weight is 831 g/mol. The Labute approximate surface area is 343 Å². The van der Waals surface area contributed by atoms with Gasteiger partial charge in [0.2, 0.25) is 23.9 Å². The number of halogens is 1. The van der Waals surface area contributed by atoms with Gasteiger partial charge in [0.25, 0.3) is 0 Å². The second-order valence-electron chi connectivity index (χ2n) is 14.7. The van der Waals surface area contributed by atoms with Crippen LogP contribution in [0, 0.1) is 17.1 Å². The van der Waals surface area contributed by atoms with E-state index < -0.39 is 16.8 Å². The van der Waals surface area contributed by atoms with Crippen LogP contribution in [-0.4, -0.2) is 112 Å². The molecule has 0 saturated carbocycles. The van der Waals surface area contributed by atoms with Crippen molar-refractivity contribution >= 4 is 69.2 Å². The maximum absolute atomic E-state index is 15.5. The molecule has 1 fully saturated rings. The summed E-state index contributed by atoms with van der Waals surface area (Å²) in [5, 5.41) is 25.5. The topological polar surface area (TPSA) is 227 Å². The van der Waals surface area contributed by atoms with E-state index >= 15 is 4.39 Å². The van der Waals surface area contributed by atoms with Crippen molar-refractivity contribution in [1.29, 1.82) is 5.41 Å². The Hall–Kier alpha value is -5.86. The zero-order valence-corrected chi connectivity index (χ0v) is 34.6. The number of nitrogens with two attached hydrogens (primary N) is 1. The number of carbonyl (C=O) groups is 2. The van der Waals surface area contributed by atoms with Gasteiger partial charge in [0.1, 0.15) is 28.8 Å². The van der Waals surface area contributed by atoms with Crippen LogP contribution in [0.5, 0.6) is 5.75 Å². The number of amides is 2. The fourth-order valence-electron chi connectivity index (χ4n) is 7.09. The highest BCUT2D eigenvalue weighted by Gasteiger charge is 2.26. The molecule has 1 aromatic carbocycles. The molecule has 0 aliphatic carbocycles. The van der Waals surface area contributed by atoms with Crippen molar-refractivity contribution in [2.24, 2.45) is 18.7 Å². The maximum atomic E-state index is 15.5. The molecule has 20 heteroatoms.